The predicted octanol–water partition coefficient (Wildman–Crippen LogP) is 1.84. The largest absolute Gasteiger partial charge is 0.312 e. The highest BCUT2D eigenvalue weighted by Gasteiger charge is 2.22. The van der Waals surface area contributed by atoms with Crippen LogP contribution in [0.1, 0.15) is 34.5 Å². The number of nitrogens with one attached hydrogen (secondary N) is 1. The summed E-state index contributed by atoms with van der Waals surface area (Å²) >= 11 is 1.91. The van der Waals surface area contributed by atoms with Crippen LogP contribution < -0.4 is 5.32 Å². The molecule has 1 atom stereocenters. The van der Waals surface area contributed by atoms with Crippen molar-refractivity contribution in [3.63, 3.8) is 0 Å². The molecular formula is C12H21N3S. The van der Waals surface area contributed by atoms with E-state index in [-0.39, 0.29) is 0 Å². The number of thiazole rings is 1. The van der Waals surface area contributed by atoms with Gasteiger partial charge < -0.3 is 10.2 Å². The van der Waals surface area contributed by atoms with Gasteiger partial charge in [0.15, 0.2) is 0 Å². The van der Waals surface area contributed by atoms with Crippen LogP contribution in [0.4, 0.5) is 0 Å². The second kappa shape index (κ2) is 5.25. The van der Waals surface area contributed by atoms with Gasteiger partial charge in [0.05, 0.1) is 10.7 Å². The van der Waals surface area contributed by atoms with Crippen molar-refractivity contribution in [2.24, 2.45) is 0 Å². The Hall–Kier alpha value is -0.450. The first-order valence-electron chi connectivity index (χ1n) is 6.01. The topological polar surface area (TPSA) is 28.2 Å². The number of hydrogen-bond acceptors (Lipinski definition) is 4. The van der Waals surface area contributed by atoms with Gasteiger partial charge >= 0.3 is 0 Å². The van der Waals surface area contributed by atoms with Crippen molar-refractivity contribution >= 4 is 11.3 Å². The lowest BCUT2D eigenvalue weighted by atomic mass is 9.98. The Morgan fingerprint density at radius 2 is 2.31 bits per heavy atom. The van der Waals surface area contributed by atoms with E-state index in [0.717, 1.165) is 13.0 Å². The van der Waals surface area contributed by atoms with E-state index in [0.29, 0.717) is 6.04 Å². The SMILES string of the molecule is CNC1CCCc2nc(CCN(C)C)sc21. The lowest BCUT2D eigenvalue weighted by Gasteiger charge is -2.20. The van der Waals surface area contributed by atoms with Crippen molar-refractivity contribution in [2.45, 2.75) is 31.7 Å². The molecule has 2 rings (SSSR count). The first-order chi connectivity index (χ1) is 7.70. The third-order valence-electron chi connectivity index (χ3n) is 3.12. The van der Waals surface area contributed by atoms with Crippen molar-refractivity contribution in [2.75, 3.05) is 27.7 Å². The number of hydrogen-bond donors (Lipinski definition) is 1. The Morgan fingerprint density at radius 1 is 1.50 bits per heavy atom. The minimum atomic E-state index is 0.550. The molecule has 0 bridgehead atoms. The van der Waals surface area contributed by atoms with Crippen LogP contribution in [0.3, 0.4) is 0 Å². The molecule has 0 saturated heterocycles. The molecule has 16 heavy (non-hydrogen) atoms. The molecule has 1 aliphatic carbocycles. The summed E-state index contributed by atoms with van der Waals surface area (Å²) in [7, 11) is 6.28. The summed E-state index contributed by atoms with van der Waals surface area (Å²) in [6.45, 7) is 1.09. The lowest BCUT2D eigenvalue weighted by Crippen LogP contribution is -2.19. The van der Waals surface area contributed by atoms with Crippen LogP contribution in [-0.2, 0) is 12.8 Å². The maximum absolute atomic E-state index is 4.77. The van der Waals surface area contributed by atoms with Gasteiger partial charge in [-0.25, -0.2) is 4.98 Å². The monoisotopic (exact) mass is 239 g/mol. The van der Waals surface area contributed by atoms with Gasteiger partial charge in [-0.1, -0.05) is 0 Å². The van der Waals surface area contributed by atoms with Gasteiger partial charge in [-0.2, -0.15) is 0 Å². The fourth-order valence-corrected chi connectivity index (χ4v) is 3.42. The highest BCUT2D eigenvalue weighted by Crippen LogP contribution is 2.33. The molecule has 1 heterocycles. The van der Waals surface area contributed by atoms with Crippen LogP contribution in [0.5, 0.6) is 0 Å². The minimum absolute atomic E-state index is 0.550. The summed E-state index contributed by atoms with van der Waals surface area (Å²) in [5, 5.41) is 4.70. The third-order valence-corrected chi connectivity index (χ3v) is 4.39. The molecule has 0 amide bonds. The van der Waals surface area contributed by atoms with Crippen LogP contribution in [0.15, 0.2) is 0 Å². The maximum atomic E-state index is 4.77. The quantitative estimate of drug-likeness (QED) is 0.869. The summed E-state index contributed by atoms with van der Waals surface area (Å²) in [5.41, 5.74) is 1.35. The average molecular weight is 239 g/mol. The van der Waals surface area contributed by atoms with Gasteiger partial charge in [0.1, 0.15) is 0 Å². The van der Waals surface area contributed by atoms with Crippen molar-refractivity contribution < 1.29 is 0 Å². The third kappa shape index (κ3) is 2.62. The van der Waals surface area contributed by atoms with Crippen LogP contribution in [0.25, 0.3) is 0 Å². The Labute approximate surface area is 102 Å². The molecule has 1 N–H and O–H groups in total. The van der Waals surface area contributed by atoms with Crippen molar-refractivity contribution in [1.82, 2.24) is 15.2 Å². The lowest BCUT2D eigenvalue weighted by molar-refractivity contribution is 0.413. The van der Waals surface area contributed by atoms with E-state index in [1.807, 2.05) is 11.3 Å². The van der Waals surface area contributed by atoms with Gasteiger partial charge in [0.2, 0.25) is 0 Å². The van der Waals surface area contributed by atoms with E-state index in [1.54, 1.807) is 0 Å². The molecule has 1 unspecified atom stereocenters. The van der Waals surface area contributed by atoms with Gasteiger partial charge in [0.25, 0.3) is 0 Å². The van der Waals surface area contributed by atoms with E-state index >= 15 is 0 Å². The van der Waals surface area contributed by atoms with Crippen molar-refractivity contribution in [1.29, 1.82) is 0 Å². The highest BCUT2D eigenvalue weighted by molar-refractivity contribution is 7.11. The number of likely N-dealkylation sites (N-methyl/N-ethyl adjacent to an activating group) is 1. The molecular weight excluding hydrogens is 218 g/mol. The molecule has 0 radical (unpaired) electrons. The predicted molar refractivity (Wildman–Crippen MR) is 69.1 cm³/mol. The summed E-state index contributed by atoms with van der Waals surface area (Å²) in [5.74, 6) is 0. The zero-order valence-corrected chi connectivity index (χ0v) is 11.2. The average Bonchev–Trinajstić information content (AvgIpc) is 2.68. The Kier molecular flexibility index (Phi) is 3.95. The maximum Gasteiger partial charge on any atom is 0.0944 e. The molecule has 0 aliphatic heterocycles. The normalized spacial score (nSPS) is 20.1. The van der Waals surface area contributed by atoms with Crippen LogP contribution in [0.2, 0.25) is 0 Å². The molecule has 0 aromatic carbocycles. The summed E-state index contributed by atoms with van der Waals surface area (Å²) in [4.78, 5) is 8.48. The van der Waals surface area contributed by atoms with E-state index in [2.05, 4.69) is 31.4 Å². The number of aromatic nitrogens is 1. The molecule has 1 aromatic heterocycles. The molecule has 1 aliphatic rings. The summed E-state index contributed by atoms with van der Waals surface area (Å²) in [6, 6.07) is 0.550. The molecule has 90 valence electrons. The molecule has 4 heteroatoms. The first kappa shape index (κ1) is 12.0. The van der Waals surface area contributed by atoms with Crippen molar-refractivity contribution in [3.8, 4) is 0 Å². The molecule has 3 nitrogen and oxygen atoms in total. The van der Waals surface area contributed by atoms with E-state index in [9.17, 15) is 0 Å². The smallest absolute Gasteiger partial charge is 0.0944 e. The summed E-state index contributed by atoms with van der Waals surface area (Å²) < 4.78 is 0. The van der Waals surface area contributed by atoms with Gasteiger partial charge in [-0.3, -0.25) is 0 Å². The Morgan fingerprint density at radius 3 is 3.00 bits per heavy atom. The minimum Gasteiger partial charge on any atom is -0.312 e. The zero-order valence-electron chi connectivity index (χ0n) is 10.4. The highest BCUT2D eigenvalue weighted by atomic mass is 32.1. The number of aryl methyl sites for hydroxylation is 1. The Balaban J connectivity index is 2.09. The second-order valence-corrected chi connectivity index (χ2v) is 5.82. The fraction of sp³-hybridized carbons (Fsp3) is 0.750. The standard InChI is InChI=1S/C12H21N3S/c1-13-9-5-4-6-10-12(9)16-11(14-10)7-8-15(2)3/h9,13H,4-8H2,1-3H3. The number of fused-ring (bicyclic) bond motifs is 1. The first-order valence-corrected chi connectivity index (χ1v) is 6.83. The second-order valence-electron chi connectivity index (χ2n) is 4.71. The van der Waals surface area contributed by atoms with Gasteiger partial charge in [-0.15, -0.1) is 11.3 Å². The zero-order chi connectivity index (χ0) is 11.5. The van der Waals surface area contributed by atoms with Crippen LogP contribution in [0, 0.1) is 0 Å². The summed E-state index contributed by atoms with van der Waals surface area (Å²) in [6.07, 6.45) is 4.79. The van der Waals surface area contributed by atoms with Gasteiger partial charge in [0, 0.05) is 23.9 Å². The van der Waals surface area contributed by atoms with E-state index in [1.165, 1.54) is 34.8 Å². The molecule has 0 fully saturated rings. The number of rotatable bonds is 4. The van der Waals surface area contributed by atoms with Crippen LogP contribution >= 0.6 is 11.3 Å². The number of nitrogens with zero attached hydrogens (tertiary/aromatic N) is 2. The molecule has 1 aromatic rings. The van der Waals surface area contributed by atoms with Crippen LogP contribution in [-0.4, -0.2) is 37.6 Å². The van der Waals surface area contributed by atoms with Gasteiger partial charge in [-0.05, 0) is 40.4 Å². The molecule has 0 saturated carbocycles. The van der Waals surface area contributed by atoms with E-state index < -0.39 is 0 Å². The molecule has 0 spiro atoms. The van der Waals surface area contributed by atoms with E-state index in [4.69, 9.17) is 4.98 Å². The van der Waals surface area contributed by atoms with Crippen molar-refractivity contribution in [3.05, 3.63) is 15.6 Å². The fourth-order valence-electron chi connectivity index (χ4n) is 2.17. The Bertz CT molecular complexity index is 346.